The fourth-order valence-corrected chi connectivity index (χ4v) is 1.96. The molecule has 0 spiro atoms. The van der Waals surface area contributed by atoms with E-state index in [1.54, 1.807) is 0 Å². The third kappa shape index (κ3) is 3.56. The molecule has 1 aromatic carbocycles. The Bertz CT molecular complexity index is 486. The molecule has 0 aliphatic heterocycles. The van der Waals surface area contributed by atoms with Crippen LogP contribution in [0.3, 0.4) is 0 Å². The van der Waals surface area contributed by atoms with Gasteiger partial charge in [-0.15, -0.1) is 0 Å². The molecule has 1 aromatic heterocycles. The Morgan fingerprint density at radius 1 is 1.06 bits per heavy atom. The summed E-state index contributed by atoms with van der Waals surface area (Å²) >= 11 is 0. The molecule has 18 heavy (non-hydrogen) atoms. The van der Waals surface area contributed by atoms with E-state index in [1.807, 2.05) is 18.3 Å². The Labute approximate surface area is 109 Å². The molecule has 0 amide bonds. The van der Waals surface area contributed by atoms with E-state index in [2.05, 4.69) is 54.4 Å². The summed E-state index contributed by atoms with van der Waals surface area (Å²) in [4.78, 5) is 4.38. The fourth-order valence-electron chi connectivity index (χ4n) is 1.96. The first-order chi connectivity index (χ1) is 8.90. The number of benzene rings is 1. The molecule has 1 nitrogen and oxygen atoms in total. The van der Waals surface area contributed by atoms with Crippen LogP contribution in [0.4, 0.5) is 0 Å². The van der Waals surface area contributed by atoms with Crippen molar-refractivity contribution in [1.82, 2.24) is 4.98 Å². The summed E-state index contributed by atoms with van der Waals surface area (Å²) in [6.07, 6.45) is 7.58. The lowest BCUT2D eigenvalue weighted by Crippen LogP contribution is -1.87. The molecule has 0 aliphatic carbocycles. The van der Waals surface area contributed by atoms with Gasteiger partial charge in [-0.25, -0.2) is 0 Å². The monoisotopic (exact) mass is 237 g/mol. The second-order valence-electron chi connectivity index (χ2n) is 4.39. The molecular formula is C17H19N. The standard InChI is InChI=1S/C17H19N/c1-2-3-9-16(15-10-5-4-6-11-15)14-17-12-7-8-13-18-17/h4-8,10-14H,2-3,9H2,1H3/b16-14-. The maximum absolute atomic E-state index is 4.38. The quantitative estimate of drug-likeness (QED) is 0.727. The Hall–Kier alpha value is -1.89. The van der Waals surface area contributed by atoms with Crippen molar-refractivity contribution in [2.45, 2.75) is 26.2 Å². The van der Waals surface area contributed by atoms with Crippen molar-refractivity contribution in [2.24, 2.45) is 0 Å². The Morgan fingerprint density at radius 3 is 2.50 bits per heavy atom. The summed E-state index contributed by atoms with van der Waals surface area (Å²) in [6, 6.07) is 16.6. The molecule has 0 unspecified atom stereocenters. The van der Waals surface area contributed by atoms with Crippen LogP contribution in [0.1, 0.15) is 37.4 Å². The molecular weight excluding hydrogens is 218 g/mol. The zero-order chi connectivity index (χ0) is 12.6. The summed E-state index contributed by atoms with van der Waals surface area (Å²) in [5, 5.41) is 0. The van der Waals surface area contributed by atoms with E-state index >= 15 is 0 Å². The Morgan fingerprint density at radius 2 is 1.83 bits per heavy atom. The highest BCUT2D eigenvalue weighted by Gasteiger charge is 2.01. The van der Waals surface area contributed by atoms with Gasteiger partial charge in [0.1, 0.15) is 0 Å². The summed E-state index contributed by atoms with van der Waals surface area (Å²) in [5.74, 6) is 0. The minimum absolute atomic E-state index is 1.03. The molecule has 1 heterocycles. The number of pyridine rings is 1. The molecule has 1 heteroatoms. The SMILES string of the molecule is CCCC/C(=C/c1ccccn1)c1ccccc1. The van der Waals surface area contributed by atoms with Gasteiger partial charge in [-0.05, 0) is 42.2 Å². The van der Waals surface area contributed by atoms with Crippen LogP contribution in [0.2, 0.25) is 0 Å². The van der Waals surface area contributed by atoms with Crippen molar-refractivity contribution < 1.29 is 0 Å². The van der Waals surface area contributed by atoms with Crippen LogP contribution in [0.15, 0.2) is 54.7 Å². The molecule has 0 saturated heterocycles. The van der Waals surface area contributed by atoms with Crippen molar-refractivity contribution in [2.75, 3.05) is 0 Å². The van der Waals surface area contributed by atoms with Crippen LogP contribution in [-0.2, 0) is 0 Å². The van der Waals surface area contributed by atoms with Gasteiger partial charge >= 0.3 is 0 Å². The molecule has 0 atom stereocenters. The average molecular weight is 237 g/mol. The van der Waals surface area contributed by atoms with Gasteiger partial charge in [-0.1, -0.05) is 49.7 Å². The second kappa shape index (κ2) is 6.75. The topological polar surface area (TPSA) is 12.9 Å². The zero-order valence-corrected chi connectivity index (χ0v) is 10.8. The minimum Gasteiger partial charge on any atom is -0.257 e. The maximum atomic E-state index is 4.38. The first-order valence-electron chi connectivity index (χ1n) is 6.57. The van der Waals surface area contributed by atoms with E-state index in [1.165, 1.54) is 24.0 Å². The summed E-state index contributed by atoms with van der Waals surface area (Å²) in [6.45, 7) is 2.23. The van der Waals surface area contributed by atoms with Crippen molar-refractivity contribution in [3.8, 4) is 0 Å². The number of allylic oxidation sites excluding steroid dienone is 1. The van der Waals surface area contributed by atoms with Crippen LogP contribution in [0.5, 0.6) is 0 Å². The van der Waals surface area contributed by atoms with Crippen LogP contribution in [-0.4, -0.2) is 4.98 Å². The van der Waals surface area contributed by atoms with E-state index in [0.29, 0.717) is 0 Å². The van der Waals surface area contributed by atoms with Crippen LogP contribution < -0.4 is 0 Å². The van der Waals surface area contributed by atoms with Gasteiger partial charge in [0.05, 0.1) is 5.69 Å². The second-order valence-corrected chi connectivity index (χ2v) is 4.39. The number of aromatic nitrogens is 1. The van der Waals surface area contributed by atoms with Gasteiger partial charge in [0.25, 0.3) is 0 Å². The summed E-state index contributed by atoms with van der Waals surface area (Å²) in [5.41, 5.74) is 3.71. The van der Waals surface area contributed by atoms with E-state index in [4.69, 9.17) is 0 Å². The first-order valence-corrected chi connectivity index (χ1v) is 6.57. The molecule has 2 rings (SSSR count). The molecule has 92 valence electrons. The summed E-state index contributed by atoms with van der Waals surface area (Å²) in [7, 11) is 0. The lowest BCUT2D eigenvalue weighted by Gasteiger charge is -2.07. The van der Waals surface area contributed by atoms with E-state index in [9.17, 15) is 0 Å². The molecule has 0 aliphatic rings. The van der Waals surface area contributed by atoms with Crippen LogP contribution in [0, 0.1) is 0 Å². The smallest absolute Gasteiger partial charge is 0.0632 e. The number of hydrogen-bond acceptors (Lipinski definition) is 1. The molecule has 0 bridgehead atoms. The predicted molar refractivity (Wildman–Crippen MR) is 78.1 cm³/mol. The van der Waals surface area contributed by atoms with Crippen molar-refractivity contribution in [1.29, 1.82) is 0 Å². The maximum Gasteiger partial charge on any atom is 0.0632 e. The van der Waals surface area contributed by atoms with Gasteiger partial charge in [0.2, 0.25) is 0 Å². The molecule has 0 fully saturated rings. The van der Waals surface area contributed by atoms with Gasteiger partial charge in [-0.3, -0.25) is 4.98 Å². The van der Waals surface area contributed by atoms with Crippen LogP contribution >= 0.6 is 0 Å². The molecule has 0 saturated carbocycles. The lowest BCUT2D eigenvalue weighted by atomic mass is 9.99. The van der Waals surface area contributed by atoms with Crippen LogP contribution in [0.25, 0.3) is 11.6 Å². The average Bonchev–Trinajstić information content (AvgIpc) is 2.45. The van der Waals surface area contributed by atoms with Gasteiger partial charge in [0.15, 0.2) is 0 Å². The molecule has 0 radical (unpaired) electrons. The van der Waals surface area contributed by atoms with Crippen molar-refractivity contribution in [3.63, 3.8) is 0 Å². The highest BCUT2D eigenvalue weighted by molar-refractivity contribution is 5.80. The van der Waals surface area contributed by atoms with E-state index in [0.717, 1.165) is 12.1 Å². The van der Waals surface area contributed by atoms with Gasteiger partial charge in [0, 0.05) is 6.20 Å². The molecule has 0 N–H and O–H groups in total. The molecule has 2 aromatic rings. The van der Waals surface area contributed by atoms with Crippen molar-refractivity contribution in [3.05, 3.63) is 66.0 Å². The third-order valence-corrected chi connectivity index (χ3v) is 2.95. The number of hydrogen-bond donors (Lipinski definition) is 0. The lowest BCUT2D eigenvalue weighted by molar-refractivity contribution is 0.825. The third-order valence-electron chi connectivity index (χ3n) is 2.95. The van der Waals surface area contributed by atoms with Crippen molar-refractivity contribution >= 4 is 11.6 Å². The normalized spacial score (nSPS) is 11.5. The Kier molecular flexibility index (Phi) is 4.71. The number of nitrogens with zero attached hydrogens (tertiary/aromatic N) is 1. The first kappa shape index (κ1) is 12.6. The number of unbranched alkanes of at least 4 members (excludes halogenated alkanes) is 1. The fraction of sp³-hybridized carbons (Fsp3) is 0.235. The minimum atomic E-state index is 1.03. The van der Waals surface area contributed by atoms with E-state index in [-0.39, 0.29) is 0 Å². The van der Waals surface area contributed by atoms with Gasteiger partial charge < -0.3 is 0 Å². The zero-order valence-electron chi connectivity index (χ0n) is 10.8. The highest BCUT2D eigenvalue weighted by atomic mass is 14.6. The largest absolute Gasteiger partial charge is 0.257 e. The predicted octanol–water partition coefficient (Wildman–Crippen LogP) is 4.81. The summed E-state index contributed by atoms with van der Waals surface area (Å²) < 4.78 is 0. The number of rotatable bonds is 5. The van der Waals surface area contributed by atoms with E-state index < -0.39 is 0 Å². The van der Waals surface area contributed by atoms with Gasteiger partial charge in [-0.2, -0.15) is 0 Å². The Balaban J connectivity index is 2.28. The highest BCUT2D eigenvalue weighted by Crippen LogP contribution is 2.22.